The van der Waals surface area contributed by atoms with Crippen LogP contribution in [0, 0.1) is 0 Å². The Kier molecular flexibility index (Phi) is 6.06. The molecule has 1 atom stereocenters. The van der Waals surface area contributed by atoms with Crippen LogP contribution in [0.4, 0.5) is 0 Å². The van der Waals surface area contributed by atoms with Crippen molar-refractivity contribution < 1.29 is 19.0 Å². The molecule has 3 heterocycles. The fraction of sp³-hybridized carbons (Fsp3) is 0.417. The maximum absolute atomic E-state index is 12.6. The molecule has 10 nitrogen and oxygen atoms in total. The smallest absolute Gasteiger partial charge is 0.251 e. The van der Waals surface area contributed by atoms with Crippen molar-refractivity contribution in [3.05, 3.63) is 52.8 Å². The molecule has 178 valence electrons. The summed E-state index contributed by atoms with van der Waals surface area (Å²) in [6, 6.07) is 9.08. The summed E-state index contributed by atoms with van der Waals surface area (Å²) in [7, 11) is 3.67. The van der Waals surface area contributed by atoms with Gasteiger partial charge >= 0.3 is 0 Å². The summed E-state index contributed by atoms with van der Waals surface area (Å²) in [5, 5.41) is 15.6. The van der Waals surface area contributed by atoms with Crippen LogP contribution in [0.1, 0.15) is 53.1 Å². The van der Waals surface area contributed by atoms with Gasteiger partial charge in [0.25, 0.3) is 5.91 Å². The maximum Gasteiger partial charge on any atom is 0.251 e. The highest BCUT2D eigenvalue weighted by atomic mass is 16.7. The van der Waals surface area contributed by atoms with E-state index < -0.39 is 0 Å². The lowest BCUT2D eigenvalue weighted by Gasteiger charge is -2.34. The van der Waals surface area contributed by atoms with E-state index in [-0.39, 0.29) is 18.7 Å². The topological polar surface area (TPSA) is 104 Å². The number of nitrogens with one attached hydrogen (secondary N) is 1. The van der Waals surface area contributed by atoms with E-state index in [0.29, 0.717) is 40.9 Å². The quantitative estimate of drug-likeness (QED) is 0.532. The lowest BCUT2D eigenvalue weighted by Crippen LogP contribution is -2.35. The summed E-state index contributed by atoms with van der Waals surface area (Å²) >= 11 is 0. The van der Waals surface area contributed by atoms with Gasteiger partial charge in [-0.3, -0.25) is 9.69 Å². The molecule has 0 fully saturated rings. The van der Waals surface area contributed by atoms with Crippen molar-refractivity contribution in [2.24, 2.45) is 0 Å². The highest BCUT2D eigenvalue weighted by molar-refractivity contribution is 5.94. The van der Waals surface area contributed by atoms with Crippen molar-refractivity contribution in [2.75, 3.05) is 34.0 Å². The molecule has 1 N–H and O–H groups in total. The van der Waals surface area contributed by atoms with Crippen molar-refractivity contribution in [1.29, 1.82) is 0 Å². The molecule has 2 aromatic carbocycles. The first-order chi connectivity index (χ1) is 16.6. The maximum atomic E-state index is 12.6. The molecule has 10 heteroatoms. The van der Waals surface area contributed by atoms with Gasteiger partial charge in [0.1, 0.15) is 6.04 Å². The summed E-state index contributed by atoms with van der Waals surface area (Å²) < 4.78 is 18.8. The van der Waals surface area contributed by atoms with Crippen LogP contribution in [0.3, 0.4) is 0 Å². The predicted molar refractivity (Wildman–Crippen MR) is 124 cm³/mol. The van der Waals surface area contributed by atoms with E-state index in [9.17, 15) is 4.79 Å². The molecular weight excluding hydrogens is 436 g/mol. The van der Waals surface area contributed by atoms with E-state index in [2.05, 4.69) is 32.7 Å². The second kappa shape index (κ2) is 9.30. The number of hydrogen-bond donors (Lipinski definition) is 1. The summed E-state index contributed by atoms with van der Waals surface area (Å²) in [5.41, 5.74) is 3.35. The van der Waals surface area contributed by atoms with E-state index in [1.165, 1.54) is 0 Å². The van der Waals surface area contributed by atoms with Gasteiger partial charge in [-0.25, -0.2) is 0 Å². The van der Waals surface area contributed by atoms with E-state index in [0.717, 1.165) is 36.9 Å². The Morgan fingerprint density at radius 2 is 2.18 bits per heavy atom. The second-order valence-corrected chi connectivity index (χ2v) is 8.46. The number of hydrogen-bond acceptors (Lipinski definition) is 8. The number of fused-ring (bicyclic) bond motifs is 2. The third kappa shape index (κ3) is 3.83. The van der Waals surface area contributed by atoms with Gasteiger partial charge in [0, 0.05) is 24.2 Å². The van der Waals surface area contributed by atoms with E-state index in [4.69, 9.17) is 14.2 Å². The number of tetrazole rings is 1. The normalized spacial score (nSPS) is 16.9. The van der Waals surface area contributed by atoms with Crippen LogP contribution < -0.4 is 19.5 Å². The first kappa shape index (κ1) is 22.1. The Balaban J connectivity index is 1.55. The van der Waals surface area contributed by atoms with Crippen LogP contribution in [-0.4, -0.2) is 65.1 Å². The number of unbranched alkanes of at least 4 members (excludes halogenated alkanes) is 1. The number of methoxy groups -OCH3 is 1. The molecule has 34 heavy (non-hydrogen) atoms. The minimum atomic E-state index is -0.273. The Morgan fingerprint density at radius 3 is 3.00 bits per heavy atom. The van der Waals surface area contributed by atoms with Gasteiger partial charge in [-0.15, -0.1) is 5.10 Å². The molecule has 0 aliphatic carbocycles. The number of benzene rings is 2. The largest absolute Gasteiger partial charge is 0.492 e. The zero-order chi connectivity index (χ0) is 23.7. The Bertz CT molecular complexity index is 1210. The lowest BCUT2D eigenvalue weighted by atomic mass is 9.90. The monoisotopic (exact) mass is 464 g/mol. The molecule has 0 saturated heterocycles. The van der Waals surface area contributed by atoms with Crippen LogP contribution in [0.25, 0.3) is 5.69 Å². The summed E-state index contributed by atoms with van der Waals surface area (Å²) in [6.45, 7) is 3.72. The molecule has 0 spiro atoms. The number of carbonyl (C=O) groups is 1. The third-order valence-corrected chi connectivity index (χ3v) is 6.30. The summed E-state index contributed by atoms with van der Waals surface area (Å²) in [6.07, 6.45) is 2.80. The van der Waals surface area contributed by atoms with Crippen molar-refractivity contribution >= 4 is 5.91 Å². The van der Waals surface area contributed by atoms with Gasteiger partial charge < -0.3 is 19.5 Å². The molecule has 1 aromatic heterocycles. The molecule has 0 bridgehead atoms. The molecule has 1 amide bonds. The lowest BCUT2D eigenvalue weighted by molar-refractivity contribution is 0.0953. The molecule has 2 aliphatic heterocycles. The number of ether oxygens (including phenoxy) is 3. The molecule has 0 radical (unpaired) electrons. The van der Waals surface area contributed by atoms with E-state index in [1.807, 2.05) is 31.3 Å². The van der Waals surface area contributed by atoms with Crippen molar-refractivity contribution in [3.63, 3.8) is 0 Å². The number of aromatic nitrogens is 4. The minimum Gasteiger partial charge on any atom is -0.492 e. The number of carbonyl (C=O) groups excluding carboxylic acids is 1. The number of amides is 1. The minimum absolute atomic E-state index is 0.112. The zero-order valence-electron chi connectivity index (χ0n) is 19.6. The van der Waals surface area contributed by atoms with Crippen LogP contribution in [0.2, 0.25) is 0 Å². The van der Waals surface area contributed by atoms with Gasteiger partial charge in [0.15, 0.2) is 17.3 Å². The fourth-order valence-electron chi connectivity index (χ4n) is 4.57. The molecule has 2 aliphatic rings. The Hall–Kier alpha value is -3.66. The van der Waals surface area contributed by atoms with Crippen LogP contribution in [0.5, 0.6) is 17.2 Å². The van der Waals surface area contributed by atoms with E-state index in [1.54, 1.807) is 17.9 Å². The molecule has 3 aromatic rings. The Morgan fingerprint density at radius 1 is 1.29 bits per heavy atom. The number of nitrogens with zero attached hydrogens (tertiary/aromatic N) is 5. The van der Waals surface area contributed by atoms with Gasteiger partial charge in [-0.1, -0.05) is 19.4 Å². The van der Waals surface area contributed by atoms with Gasteiger partial charge in [-0.05, 0) is 60.1 Å². The van der Waals surface area contributed by atoms with Crippen molar-refractivity contribution in [2.45, 2.75) is 32.2 Å². The van der Waals surface area contributed by atoms with E-state index >= 15 is 0 Å². The van der Waals surface area contributed by atoms with Gasteiger partial charge in [0.05, 0.1) is 12.8 Å². The summed E-state index contributed by atoms with van der Waals surface area (Å²) in [4.78, 5) is 14.8. The number of rotatable bonds is 7. The first-order valence-corrected chi connectivity index (χ1v) is 11.5. The van der Waals surface area contributed by atoms with Crippen molar-refractivity contribution in [1.82, 2.24) is 30.4 Å². The van der Waals surface area contributed by atoms with Crippen LogP contribution >= 0.6 is 0 Å². The standard InChI is InChI=1S/C24H28N6O4/c1-4-5-10-25-24(31)16-7-6-8-17(12-16)30-23(26-27-28-30)20-19-15(9-11-29(20)2)13-18-21(22(19)32-3)34-14-33-18/h6-8,12-13,20H,4-5,9-11,14H2,1-3H3,(H,25,31). The highest BCUT2D eigenvalue weighted by Gasteiger charge is 2.37. The van der Waals surface area contributed by atoms with Crippen molar-refractivity contribution in [3.8, 4) is 22.9 Å². The number of likely N-dealkylation sites (N-methyl/N-ethyl adjacent to an activating group) is 1. The second-order valence-electron chi connectivity index (χ2n) is 8.46. The van der Waals surface area contributed by atoms with Gasteiger partial charge in [0.2, 0.25) is 12.5 Å². The average Bonchev–Trinajstić information content (AvgIpc) is 3.52. The SMILES string of the molecule is CCCCNC(=O)c1cccc(-n2nnnc2C2c3c(cc4c(c3OC)OCO4)CCN2C)c1. The molecule has 5 rings (SSSR count). The third-order valence-electron chi connectivity index (χ3n) is 6.30. The molecular formula is C24H28N6O4. The molecule has 0 saturated carbocycles. The summed E-state index contributed by atoms with van der Waals surface area (Å²) in [5.74, 6) is 2.45. The van der Waals surface area contributed by atoms with Gasteiger partial charge in [-0.2, -0.15) is 4.68 Å². The average molecular weight is 465 g/mol. The van der Waals surface area contributed by atoms with Crippen LogP contribution in [-0.2, 0) is 6.42 Å². The first-order valence-electron chi connectivity index (χ1n) is 11.5. The van der Waals surface area contributed by atoms with Crippen LogP contribution in [0.15, 0.2) is 30.3 Å². The highest BCUT2D eigenvalue weighted by Crippen LogP contribution is 2.50. The predicted octanol–water partition coefficient (Wildman–Crippen LogP) is 2.51. The fourth-order valence-corrected chi connectivity index (χ4v) is 4.57. The Labute approximate surface area is 197 Å². The molecule has 1 unspecified atom stereocenters. The zero-order valence-corrected chi connectivity index (χ0v) is 19.6.